The first-order valence-electron chi connectivity index (χ1n) is 3.77. The molecule has 1 heterocycles. The fourth-order valence-corrected chi connectivity index (χ4v) is 0.884. The van der Waals surface area contributed by atoms with E-state index < -0.39 is 0 Å². The minimum absolute atomic E-state index is 0. The lowest BCUT2D eigenvalue weighted by Crippen LogP contribution is -3.00. The quantitative estimate of drug-likeness (QED) is 0.462. The molecule has 7 nitrogen and oxygen atoms in total. The van der Waals surface area contributed by atoms with Crippen LogP contribution in [0.3, 0.4) is 0 Å². The zero-order valence-corrected chi connectivity index (χ0v) is 8.12. The van der Waals surface area contributed by atoms with Gasteiger partial charge in [-0.1, -0.05) is 0 Å². The summed E-state index contributed by atoms with van der Waals surface area (Å²) in [6.45, 7) is 0. The summed E-state index contributed by atoms with van der Waals surface area (Å²) in [7, 11) is 0. The van der Waals surface area contributed by atoms with E-state index in [4.69, 9.17) is 11.5 Å². The second kappa shape index (κ2) is 4.77. The highest BCUT2D eigenvalue weighted by molar-refractivity contribution is 5.38. The van der Waals surface area contributed by atoms with Gasteiger partial charge in [0.15, 0.2) is 0 Å². The molecule has 0 saturated heterocycles. The predicted molar refractivity (Wildman–Crippen MR) is 48.9 cm³/mol. The SMILES string of the molecule is Nc1nc(N)nc(NC2CC2)n1.O.[Cl-]. The molecule has 0 aliphatic heterocycles. The molecule has 1 aromatic heterocycles. The number of hydrogen-bond donors (Lipinski definition) is 3. The lowest BCUT2D eigenvalue weighted by Gasteiger charge is -2.02. The van der Waals surface area contributed by atoms with Crippen LogP contribution in [0.5, 0.6) is 0 Å². The van der Waals surface area contributed by atoms with Gasteiger partial charge < -0.3 is 34.7 Å². The summed E-state index contributed by atoms with van der Waals surface area (Å²) >= 11 is 0. The van der Waals surface area contributed by atoms with E-state index in [0.717, 1.165) is 12.8 Å². The van der Waals surface area contributed by atoms with Gasteiger partial charge in [0.2, 0.25) is 17.8 Å². The van der Waals surface area contributed by atoms with E-state index in [9.17, 15) is 0 Å². The molecule has 7 N–H and O–H groups in total. The van der Waals surface area contributed by atoms with Crippen molar-refractivity contribution in [3.63, 3.8) is 0 Å². The highest BCUT2D eigenvalue weighted by atomic mass is 35.5. The lowest BCUT2D eigenvalue weighted by molar-refractivity contribution is -0.00000419. The first-order chi connectivity index (χ1) is 5.74. The summed E-state index contributed by atoms with van der Waals surface area (Å²) in [6, 6.07) is 0.492. The molecule has 0 spiro atoms. The number of halogens is 1. The number of anilines is 3. The zero-order chi connectivity index (χ0) is 8.55. The van der Waals surface area contributed by atoms with Crippen LogP contribution in [0, 0.1) is 0 Å². The molecule has 0 atom stereocenters. The van der Waals surface area contributed by atoms with Crippen molar-refractivity contribution in [1.29, 1.82) is 0 Å². The molecule has 0 aromatic carbocycles. The molecule has 0 bridgehead atoms. The Morgan fingerprint density at radius 3 is 2.00 bits per heavy atom. The molecule has 0 radical (unpaired) electrons. The first kappa shape index (κ1) is 12.7. The minimum Gasteiger partial charge on any atom is -1.00 e. The smallest absolute Gasteiger partial charge is 0.229 e. The van der Waals surface area contributed by atoms with Crippen LogP contribution in [0.4, 0.5) is 17.8 Å². The van der Waals surface area contributed by atoms with Crippen LogP contribution < -0.4 is 29.2 Å². The van der Waals surface area contributed by atoms with E-state index in [1.807, 2.05) is 0 Å². The molecule has 0 unspecified atom stereocenters. The number of aromatic nitrogens is 3. The maximum atomic E-state index is 5.37. The fourth-order valence-electron chi connectivity index (χ4n) is 0.884. The molecule has 0 amide bonds. The topological polar surface area (TPSA) is 134 Å². The molecule has 1 aliphatic rings. The second-order valence-corrected chi connectivity index (χ2v) is 2.79. The number of hydrogen-bond acceptors (Lipinski definition) is 6. The van der Waals surface area contributed by atoms with Crippen molar-refractivity contribution in [2.75, 3.05) is 16.8 Å². The van der Waals surface area contributed by atoms with Gasteiger partial charge in [-0.3, -0.25) is 0 Å². The van der Waals surface area contributed by atoms with Gasteiger partial charge in [-0.2, -0.15) is 15.0 Å². The average Bonchev–Trinajstić information content (AvgIpc) is 2.68. The Morgan fingerprint density at radius 1 is 1.07 bits per heavy atom. The van der Waals surface area contributed by atoms with Crippen LogP contribution in [0.1, 0.15) is 12.8 Å². The largest absolute Gasteiger partial charge is 1.00 e. The lowest BCUT2D eigenvalue weighted by atomic mass is 10.7. The normalized spacial score (nSPS) is 13.7. The van der Waals surface area contributed by atoms with Gasteiger partial charge in [0.1, 0.15) is 0 Å². The van der Waals surface area contributed by atoms with E-state index >= 15 is 0 Å². The highest BCUT2D eigenvalue weighted by Gasteiger charge is 2.22. The summed E-state index contributed by atoms with van der Waals surface area (Å²) < 4.78 is 0. The van der Waals surface area contributed by atoms with Crippen molar-refractivity contribution < 1.29 is 17.9 Å². The second-order valence-electron chi connectivity index (χ2n) is 2.79. The Balaban J connectivity index is 0.000000845. The van der Waals surface area contributed by atoms with Crippen LogP contribution in [-0.4, -0.2) is 26.5 Å². The van der Waals surface area contributed by atoms with Crippen molar-refractivity contribution >= 4 is 17.8 Å². The molecular formula is C6H12ClN6O-. The molecule has 14 heavy (non-hydrogen) atoms. The van der Waals surface area contributed by atoms with E-state index in [0.29, 0.717) is 12.0 Å². The van der Waals surface area contributed by atoms with Crippen molar-refractivity contribution in [2.45, 2.75) is 18.9 Å². The third kappa shape index (κ3) is 3.19. The van der Waals surface area contributed by atoms with Crippen LogP contribution >= 0.6 is 0 Å². The summed E-state index contributed by atoms with van der Waals surface area (Å²) in [6.07, 6.45) is 2.32. The summed E-state index contributed by atoms with van der Waals surface area (Å²) in [5.41, 5.74) is 10.7. The van der Waals surface area contributed by atoms with E-state index in [1.165, 1.54) is 0 Å². The molecule has 2 rings (SSSR count). The van der Waals surface area contributed by atoms with Gasteiger partial charge in [0, 0.05) is 6.04 Å². The summed E-state index contributed by atoms with van der Waals surface area (Å²) in [5, 5.41) is 3.08. The Hall–Kier alpha value is -1.34. The fraction of sp³-hybridized carbons (Fsp3) is 0.500. The Morgan fingerprint density at radius 2 is 1.57 bits per heavy atom. The van der Waals surface area contributed by atoms with Crippen LogP contribution in [0.25, 0.3) is 0 Å². The third-order valence-electron chi connectivity index (χ3n) is 1.58. The van der Waals surface area contributed by atoms with E-state index in [2.05, 4.69) is 20.3 Å². The minimum atomic E-state index is 0. The number of nitrogen functional groups attached to an aromatic ring is 2. The Bertz CT molecular complexity index is 284. The Kier molecular flexibility index (Phi) is 4.32. The molecule has 8 heteroatoms. The van der Waals surface area contributed by atoms with Gasteiger partial charge in [0.05, 0.1) is 0 Å². The van der Waals surface area contributed by atoms with Crippen LogP contribution in [0.15, 0.2) is 0 Å². The van der Waals surface area contributed by atoms with Crippen molar-refractivity contribution in [1.82, 2.24) is 15.0 Å². The average molecular weight is 220 g/mol. The molecule has 1 saturated carbocycles. The summed E-state index contributed by atoms with van der Waals surface area (Å²) in [4.78, 5) is 11.4. The van der Waals surface area contributed by atoms with Gasteiger partial charge in [-0.05, 0) is 12.8 Å². The number of nitrogens with one attached hydrogen (secondary N) is 1. The molecular weight excluding hydrogens is 208 g/mol. The van der Waals surface area contributed by atoms with E-state index in [-0.39, 0.29) is 29.8 Å². The molecule has 1 aromatic rings. The maximum absolute atomic E-state index is 5.37. The summed E-state index contributed by atoms with van der Waals surface area (Å²) in [5.74, 6) is 0.791. The van der Waals surface area contributed by atoms with Crippen molar-refractivity contribution in [3.8, 4) is 0 Å². The van der Waals surface area contributed by atoms with Gasteiger partial charge in [-0.15, -0.1) is 0 Å². The van der Waals surface area contributed by atoms with Crippen molar-refractivity contribution in [2.24, 2.45) is 0 Å². The predicted octanol–water partition coefficient (Wildman–Crippen LogP) is -4.21. The van der Waals surface area contributed by atoms with Gasteiger partial charge in [0.25, 0.3) is 0 Å². The van der Waals surface area contributed by atoms with Crippen LogP contribution in [-0.2, 0) is 0 Å². The highest BCUT2D eigenvalue weighted by Crippen LogP contribution is 2.22. The van der Waals surface area contributed by atoms with Gasteiger partial charge in [-0.25, -0.2) is 0 Å². The Labute approximate surface area is 87.0 Å². The van der Waals surface area contributed by atoms with Gasteiger partial charge >= 0.3 is 0 Å². The zero-order valence-electron chi connectivity index (χ0n) is 7.37. The number of nitrogens with zero attached hydrogens (tertiary/aromatic N) is 3. The standard InChI is InChI=1S/C6H10N6.ClH.H2O/c7-4-10-5(8)12-6(11-4)9-3-1-2-3;;/h3H,1-2H2,(H5,7,8,9,10,11,12);1H;1H2/p-1. The molecule has 1 fully saturated rings. The first-order valence-corrected chi connectivity index (χ1v) is 3.77. The number of nitrogens with two attached hydrogens (primary N) is 2. The van der Waals surface area contributed by atoms with Crippen molar-refractivity contribution in [3.05, 3.63) is 0 Å². The maximum Gasteiger partial charge on any atom is 0.229 e. The molecule has 80 valence electrons. The van der Waals surface area contributed by atoms with Crippen LogP contribution in [0.2, 0.25) is 0 Å². The molecule has 1 aliphatic carbocycles. The number of rotatable bonds is 2. The van der Waals surface area contributed by atoms with E-state index in [1.54, 1.807) is 0 Å². The monoisotopic (exact) mass is 219 g/mol. The third-order valence-corrected chi connectivity index (χ3v) is 1.58.